The predicted octanol–water partition coefficient (Wildman–Crippen LogP) is 1.29. The van der Waals surface area contributed by atoms with Gasteiger partial charge >= 0.3 is 18.1 Å². The van der Waals surface area contributed by atoms with Gasteiger partial charge in [0.2, 0.25) is 0 Å². The first-order valence-electron chi connectivity index (χ1n) is 2.91. The van der Waals surface area contributed by atoms with Crippen molar-refractivity contribution in [2.24, 2.45) is 0 Å². The number of carboxylic acid groups (broad SMARTS) is 1. The Morgan fingerprint density at radius 2 is 1.69 bits per heavy atom. The van der Waals surface area contributed by atoms with Crippen molar-refractivity contribution in [1.82, 2.24) is 0 Å². The highest BCUT2D eigenvalue weighted by molar-refractivity contribution is 5.67. The standard InChI is InChI=1S/C5H5F5O3/c6-4(7,5(8,9)10)2-13-1-3(11)12/h1-2H2,(H,11,12). The van der Waals surface area contributed by atoms with Crippen LogP contribution < -0.4 is 0 Å². The summed E-state index contributed by atoms with van der Waals surface area (Å²) in [4.78, 5) is 9.68. The lowest BCUT2D eigenvalue weighted by Crippen LogP contribution is -2.41. The van der Waals surface area contributed by atoms with Gasteiger partial charge in [-0.3, -0.25) is 0 Å². The summed E-state index contributed by atoms with van der Waals surface area (Å²) in [6, 6.07) is 0. The summed E-state index contributed by atoms with van der Waals surface area (Å²) >= 11 is 0. The highest BCUT2D eigenvalue weighted by atomic mass is 19.4. The first-order valence-corrected chi connectivity index (χ1v) is 2.91. The Morgan fingerprint density at radius 3 is 2.00 bits per heavy atom. The molecule has 13 heavy (non-hydrogen) atoms. The molecule has 8 heteroatoms. The van der Waals surface area contributed by atoms with E-state index in [0.29, 0.717) is 0 Å². The average Bonchev–Trinajstić information content (AvgIpc) is 1.82. The normalized spacial score (nSPS) is 13.0. The van der Waals surface area contributed by atoms with Gasteiger partial charge in [-0.15, -0.1) is 0 Å². The molecule has 0 aliphatic rings. The molecule has 0 aromatic heterocycles. The molecule has 0 bridgehead atoms. The molecule has 3 nitrogen and oxygen atoms in total. The van der Waals surface area contributed by atoms with E-state index in [0.717, 1.165) is 0 Å². The van der Waals surface area contributed by atoms with E-state index in [4.69, 9.17) is 5.11 Å². The van der Waals surface area contributed by atoms with Gasteiger partial charge in [0.05, 0.1) is 0 Å². The lowest BCUT2D eigenvalue weighted by Gasteiger charge is -2.18. The molecular weight excluding hydrogens is 203 g/mol. The lowest BCUT2D eigenvalue weighted by molar-refractivity contribution is -0.296. The number of hydrogen-bond donors (Lipinski definition) is 1. The van der Waals surface area contributed by atoms with Gasteiger partial charge in [-0.1, -0.05) is 0 Å². The fourth-order valence-electron chi connectivity index (χ4n) is 0.348. The first kappa shape index (κ1) is 12.1. The van der Waals surface area contributed by atoms with Crippen molar-refractivity contribution >= 4 is 5.97 Å². The van der Waals surface area contributed by atoms with Crippen molar-refractivity contribution in [3.63, 3.8) is 0 Å². The highest BCUT2D eigenvalue weighted by Gasteiger charge is 2.57. The second-order valence-corrected chi connectivity index (χ2v) is 2.09. The molecule has 0 saturated heterocycles. The van der Waals surface area contributed by atoms with E-state index >= 15 is 0 Å². The van der Waals surface area contributed by atoms with E-state index in [1.54, 1.807) is 0 Å². The van der Waals surface area contributed by atoms with Crippen molar-refractivity contribution in [2.75, 3.05) is 13.2 Å². The maximum absolute atomic E-state index is 11.9. The van der Waals surface area contributed by atoms with Crippen molar-refractivity contribution in [3.05, 3.63) is 0 Å². The van der Waals surface area contributed by atoms with E-state index in [1.807, 2.05) is 0 Å². The van der Waals surface area contributed by atoms with Gasteiger partial charge in [-0.2, -0.15) is 22.0 Å². The Bertz CT molecular complexity index is 187. The third-order valence-electron chi connectivity index (χ3n) is 0.924. The van der Waals surface area contributed by atoms with Crippen molar-refractivity contribution in [2.45, 2.75) is 12.1 Å². The summed E-state index contributed by atoms with van der Waals surface area (Å²) in [5.41, 5.74) is 0. The molecule has 0 amide bonds. The molecule has 0 atom stereocenters. The van der Waals surface area contributed by atoms with Crippen molar-refractivity contribution < 1.29 is 36.6 Å². The molecule has 0 radical (unpaired) electrons. The fraction of sp³-hybridized carbons (Fsp3) is 0.800. The minimum atomic E-state index is -5.72. The molecule has 0 aromatic carbocycles. The maximum Gasteiger partial charge on any atom is 0.455 e. The summed E-state index contributed by atoms with van der Waals surface area (Å²) in [5.74, 6) is -6.62. The monoisotopic (exact) mass is 208 g/mol. The quantitative estimate of drug-likeness (QED) is 0.708. The summed E-state index contributed by atoms with van der Waals surface area (Å²) in [7, 11) is 0. The van der Waals surface area contributed by atoms with Crippen LogP contribution in [0.2, 0.25) is 0 Å². The number of halogens is 5. The predicted molar refractivity (Wildman–Crippen MR) is 29.5 cm³/mol. The van der Waals surface area contributed by atoms with E-state index in [-0.39, 0.29) is 0 Å². The number of hydrogen-bond acceptors (Lipinski definition) is 2. The van der Waals surface area contributed by atoms with Crippen LogP contribution in [-0.4, -0.2) is 36.4 Å². The Hall–Kier alpha value is -0.920. The molecule has 0 fully saturated rings. The number of aliphatic carboxylic acids is 1. The van der Waals surface area contributed by atoms with Crippen molar-refractivity contribution in [3.8, 4) is 0 Å². The number of carbonyl (C=O) groups is 1. The zero-order valence-electron chi connectivity index (χ0n) is 6.07. The zero-order chi connectivity index (χ0) is 10.7. The van der Waals surface area contributed by atoms with Gasteiger partial charge in [0, 0.05) is 0 Å². The number of alkyl halides is 5. The Kier molecular flexibility index (Phi) is 3.59. The minimum Gasteiger partial charge on any atom is -0.480 e. The molecule has 0 unspecified atom stereocenters. The van der Waals surface area contributed by atoms with Crippen LogP contribution >= 0.6 is 0 Å². The minimum absolute atomic E-state index is 1.19. The first-order chi connectivity index (χ1) is 5.67. The molecule has 0 aliphatic heterocycles. The molecule has 1 N–H and O–H groups in total. The van der Waals surface area contributed by atoms with Crippen LogP contribution in [0.15, 0.2) is 0 Å². The molecule has 0 spiro atoms. The third kappa shape index (κ3) is 4.02. The highest BCUT2D eigenvalue weighted by Crippen LogP contribution is 2.35. The van der Waals surface area contributed by atoms with E-state index in [1.165, 1.54) is 0 Å². The number of ether oxygens (including phenoxy) is 1. The maximum atomic E-state index is 11.9. The van der Waals surface area contributed by atoms with Gasteiger partial charge in [-0.25, -0.2) is 4.79 Å². The number of carboxylic acids is 1. The molecule has 0 heterocycles. The van der Waals surface area contributed by atoms with Gasteiger partial charge in [0.1, 0.15) is 13.2 Å². The van der Waals surface area contributed by atoms with Crippen LogP contribution in [0.25, 0.3) is 0 Å². The molecule has 0 rings (SSSR count). The lowest BCUT2D eigenvalue weighted by atomic mass is 10.3. The van der Waals surface area contributed by atoms with E-state index < -0.39 is 31.3 Å². The average molecular weight is 208 g/mol. The third-order valence-corrected chi connectivity index (χ3v) is 0.924. The molecule has 0 aliphatic carbocycles. The van der Waals surface area contributed by atoms with Gasteiger partial charge in [-0.05, 0) is 0 Å². The van der Waals surface area contributed by atoms with Gasteiger partial charge in [0.15, 0.2) is 0 Å². The van der Waals surface area contributed by atoms with Crippen LogP contribution in [0.5, 0.6) is 0 Å². The van der Waals surface area contributed by atoms with Gasteiger partial charge < -0.3 is 9.84 Å². The van der Waals surface area contributed by atoms with Crippen molar-refractivity contribution in [1.29, 1.82) is 0 Å². The largest absolute Gasteiger partial charge is 0.480 e. The molecule has 78 valence electrons. The fourth-order valence-corrected chi connectivity index (χ4v) is 0.348. The molecular formula is C5H5F5O3. The van der Waals surface area contributed by atoms with Crippen LogP contribution in [0.1, 0.15) is 0 Å². The molecule has 0 saturated carbocycles. The Balaban J connectivity index is 3.97. The second-order valence-electron chi connectivity index (χ2n) is 2.09. The summed E-state index contributed by atoms with van der Waals surface area (Å²) < 4.78 is 61.6. The van der Waals surface area contributed by atoms with E-state index in [2.05, 4.69) is 4.74 Å². The van der Waals surface area contributed by atoms with E-state index in [9.17, 15) is 26.7 Å². The Morgan fingerprint density at radius 1 is 1.23 bits per heavy atom. The summed E-state index contributed by atoms with van der Waals surface area (Å²) in [6.45, 7) is -3.17. The van der Waals surface area contributed by atoms with Gasteiger partial charge in [0.25, 0.3) is 0 Å². The zero-order valence-corrected chi connectivity index (χ0v) is 6.07. The Labute approximate surface area is 69.1 Å². The molecule has 0 aromatic rings. The van der Waals surface area contributed by atoms with Crippen LogP contribution in [0.3, 0.4) is 0 Å². The topological polar surface area (TPSA) is 46.5 Å². The summed E-state index contributed by atoms with van der Waals surface area (Å²) in [6.07, 6.45) is -5.72. The number of rotatable bonds is 4. The summed E-state index contributed by atoms with van der Waals surface area (Å²) in [5, 5.41) is 7.86. The van der Waals surface area contributed by atoms with Crippen LogP contribution in [0, 0.1) is 0 Å². The van der Waals surface area contributed by atoms with Crippen LogP contribution in [-0.2, 0) is 9.53 Å². The smallest absolute Gasteiger partial charge is 0.455 e. The van der Waals surface area contributed by atoms with Crippen LogP contribution in [0.4, 0.5) is 22.0 Å². The second kappa shape index (κ2) is 3.86. The SMILES string of the molecule is O=C(O)COCC(F)(F)C(F)(F)F.